The van der Waals surface area contributed by atoms with Crippen LogP contribution >= 0.6 is 0 Å². The SMILES string of the molecule is CNCC(O)C(O)c1cccc(S(=O)(=O)C(C)C)c1. The van der Waals surface area contributed by atoms with Gasteiger partial charge in [0.15, 0.2) is 9.84 Å². The van der Waals surface area contributed by atoms with Gasteiger partial charge in [-0.15, -0.1) is 0 Å². The summed E-state index contributed by atoms with van der Waals surface area (Å²) in [5, 5.41) is 21.9. The molecule has 0 aliphatic carbocycles. The fourth-order valence-electron chi connectivity index (χ4n) is 1.69. The molecule has 0 amide bonds. The average molecular weight is 287 g/mol. The first-order valence-corrected chi connectivity index (χ1v) is 7.70. The van der Waals surface area contributed by atoms with Crippen LogP contribution in [0.4, 0.5) is 0 Å². The van der Waals surface area contributed by atoms with Crippen LogP contribution in [0.25, 0.3) is 0 Å². The van der Waals surface area contributed by atoms with Gasteiger partial charge in [-0.3, -0.25) is 0 Å². The van der Waals surface area contributed by atoms with Crippen molar-refractivity contribution in [2.75, 3.05) is 13.6 Å². The monoisotopic (exact) mass is 287 g/mol. The number of benzene rings is 1. The van der Waals surface area contributed by atoms with Gasteiger partial charge in [-0.25, -0.2) is 8.42 Å². The van der Waals surface area contributed by atoms with Crippen molar-refractivity contribution in [3.05, 3.63) is 29.8 Å². The molecule has 0 radical (unpaired) electrons. The standard InChI is InChI=1S/C13H21NO4S/c1-9(2)19(17,18)11-6-4-5-10(7-11)13(16)12(15)8-14-3/h4-7,9,12-16H,8H2,1-3H3. The minimum atomic E-state index is -3.38. The molecule has 2 unspecified atom stereocenters. The number of rotatable bonds is 6. The second kappa shape index (κ2) is 6.47. The van der Waals surface area contributed by atoms with Crippen LogP contribution in [-0.4, -0.2) is 43.6 Å². The third-order valence-corrected chi connectivity index (χ3v) is 5.08. The van der Waals surface area contributed by atoms with E-state index in [2.05, 4.69) is 5.32 Å². The fourth-order valence-corrected chi connectivity index (χ4v) is 2.80. The second-order valence-corrected chi connectivity index (χ2v) is 7.24. The fraction of sp³-hybridized carbons (Fsp3) is 0.538. The lowest BCUT2D eigenvalue weighted by atomic mass is 10.0. The molecule has 1 rings (SSSR count). The van der Waals surface area contributed by atoms with E-state index in [1.807, 2.05) is 0 Å². The highest BCUT2D eigenvalue weighted by Crippen LogP contribution is 2.22. The molecule has 19 heavy (non-hydrogen) atoms. The Morgan fingerprint density at radius 3 is 2.42 bits per heavy atom. The van der Waals surface area contributed by atoms with Crippen molar-refractivity contribution in [3.8, 4) is 0 Å². The van der Waals surface area contributed by atoms with Crippen LogP contribution in [0.5, 0.6) is 0 Å². The van der Waals surface area contributed by atoms with Crippen LogP contribution in [0.15, 0.2) is 29.2 Å². The average Bonchev–Trinajstić information content (AvgIpc) is 2.38. The van der Waals surface area contributed by atoms with Crippen LogP contribution in [0, 0.1) is 0 Å². The molecule has 3 N–H and O–H groups in total. The van der Waals surface area contributed by atoms with E-state index < -0.39 is 27.3 Å². The Hall–Kier alpha value is -0.950. The molecule has 0 bridgehead atoms. The van der Waals surface area contributed by atoms with Gasteiger partial charge in [-0.1, -0.05) is 12.1 Å². The summed E-state index contributed by atoms with van der Waals surface area (Å²) in [7, 11) is -1.72. The summed E-state index contributed by atoms with van der Waals surface area (Å²) in [6, 6.07) is 6.08. The quantitative estimate of drug-likeness (QED) is 0.708. The summed E-state index contributed by atoms with van der Waals surface area (Å²) >= 11 is 0. The third kappa shape index (κ3) is 3.76. The van der Waals surface area contributed by atoms with E-state index in [0.29, 0.717) is 5.56 Å². The van der Waals surface area contributed by atoms with Gasteiger partial charge < -0.3 is 15.5 Å². The van der Waals surface area contributed by atoms with E-state index in [9.17, 15) is 18.6 Å². The van der Waals surface area contributed by atoms with Crippen molar-refractivity contribution in [1.82, 2.24) is 5.32 Å². The summed E-state index contributed by atoms with van der Waals surface area (Å²) in [4.78, 5) is 0.163. The van der Waals surface area contributed by atoms with Gasteiger partial charge in [0.2, 0.25) is 0 Å². The number of sulfone groups is 1. The molecule has 6 heteroatoms. The number of nitrogens with one attached hydrogen (secondary N) is 1. The normalized spacial score (nSPS) is 15.5. The van der Waals surface area contributed by atoms with E-state index in [4.69, 9.17) is 0 Å². The highest BCUT2D eigenvalue weighted by molar-refractivity contribution is 7.92. The Morgan fingerprint density at radius 1 is 1.26 bits per heavy atom. The lowest BCUT2D eigenvalue weighted by molar-refractivity contribution is 0.0201. The van der Waals surface area contributed by atoms with E-state index in [1.54, 1.807) is 33.0 Å². The lowest BCUT2D eigenvalue weighted by Crippen LogP contribution is -2.29. The van der Waals surface area contributed by atoms with E-state index in [1.165, 1.54) is 12.1 Å². The highest BCUT2D eigenvalue weighted by Gasteiger charge is 2.22. The molecule has 0 heterocycles. The van der Waals surface area contributed by atoms with Crippen LogP contribution in [-0.2, 0) is 9.84 Å². The van der Waals surface area contributed by atoms with Gasteiger partial charge in [0.25, 0.3) is 0 Å². The Balaban J connectivity index is 3.08. The Labute approximate surface area is 114 Å². The van der Waals surface area contributed by atoms with Gasteiger partial charge in [0.1, 0.15) is 6.10 Å². The molecule has 0 aliphatic heterocycles. The lowest BCUT2D eigenvalue weighted by Gasteiger charge is -2.18. The van der Waals surface area contributed by atoms with Gasteiger partial charge >= 0.3 is 0 Å². The Bertz CT molecular complexity index is 513. The molecular formula is C13H21NO4S. The van der Waals surface area contributed by atoms with Crippen LogP contribution in [0.1, 0.15) is 25.5 Å². The molecule has 1 aromatic carbocycles. The number of aliphatic hydroxyl groups excluding tert-OH is 2. The minimum absolute atomic E-state index is 0.163. The van der Waals surface area contributed by atoms with Crippen molar-refractivity contribution in [1.29, 1.82) is 0 Å². The van der Waals surface area contributed by atoms with Crippen molar-refractivity contribution < 1.29 is 18.6 Å². The van der Waals surface area contributed by atoms with Gasteiger partial charge in [-0.2, -0.15) is 0 Å². The molecule has 108 valence electrons. The summed E-state index contributed by atoms with van der Waals surface area (Å²) in [6.07, 6.45) is -2.10. The predicted octanol–water partition coefficient (Wildman–Crippen LogP) is 0.482. The largest absolute Gasteiger partial charge is 0.389 e. The maximum Gasteiger partial charge on any atom is 0.180 e. The molecule has 0 aromatic heterocycles. The first-order valence-electron chi connectivity index (χ1n) is 6.15. The van der Waals surface area contributed by atoms with Crippen molar-refractivity contribution >= 4 is 9.84 Å². The third-order valence-electron chi connectivity index (χ3n) is 2.93. The predicted molar refractivity (Wildman–Crippen MR) is 73.7 cm³/mol. The number of hydrogen-bond acceptors (Lipinski definition) is 5. The molecule has 0 aliphatic rings. The molecule has 0 saturated heterocycles. The van der Waals surface area contributed by atoms with Crippen molar-refractivity contribution in [2.24, 2.45) is 0 Å². The van der Waals surface area contributed by atoms with E-state index in [0.717, 1.165) is 0 Å². The second-order valence-electron chi connectivity index (χ2n) is 4.74. The topological polar surface area (TPSA) is 86.6 Å². The summed E-state index contributed by atoms with van der Waals surface area (Å²) < 4.78 is 24.1. The van der Waals surface area contributed by atoms with Crippen LogP contribution < -0.4 is 5.32 Å². The molecule has 1 aromatic rings. The van der Waals surface area contributed by atoms with Gasteiger partial charge in [0.05, 0.1) is 16.2 Å². The van der Waals surface area contributed by atoms with E-state index >= 15 is 0 Å². The highest BCUT2D eigenvalue weighted by atomic mass is 32.2. The smallest absolute Gasteiger partial charge is 0.180 e. The summed E-state index contributed by atoms with van der Waals surface area (Å²) in [5.41, 5.74) is 0.393. The zero-order chi connectivity index (χ0) is 14.6. The zero-order valence-corrected chi connectivity index (χ0v) is 12.2. The zero-order valence-electron chi connectivity index (χ0n) is 11.4. The van der Waals surface area contributed by atoms with Crippen LogP contribution in [0.2, 0.25) is 0 Å². The number of likely N-dealkylation sites (N-methyl/N-ethyl adjacent to an activating group) is 1. The molecule has 0 fully saturated rings. The van der Waals surface area contributed by atoms with Gasteiger partial charge in [0, 0.05) is 6.54 Å². The van der Waals surface area contributed by atoms with Crippen molar-refractivity contribution in [3.63, 3.8) is 0 Å². The minimum Gasteiger partial charge on any atom is -0.389 e. The molecule has 0 saturated carbocycles. The van der Waals surface area contributed by atoms with Crippen LogP contribution in [0.3, 0.4) is 0 Å². The van der Waals surface area contributed by atoms with Crippen molar-refractivity contribution in [2.45, 2.75) is 36.2 Å². The number of hydrogen-bond donors (Lipinski definition) is 3. The maximum atomic E-state index is 12.0. The molecule has 5 nitrogen and oxygen atoms in total. The molecule has 0 spiro atoms. The summed E-state index contributed by atoms with van der Waals surface area (Å²) in [6.45, 7) is 3.44. The summed E-state index contributed by atoms with van der Waals surface area (Å²) in [5.74, 6) is 0. The Kier molecular flexibility index (Phi) is 5.49. The Morgan fingerprint density at radius 2 is 1.89 bits per heavy atom. The maximum absolute atomic E-state index is 12.0. The van der Waals surface area contributed by atoms with E-state index in [-0.39, 0.29) is 11.4 Å². The first-order chi connectivity index (χ1) is 8.80. The first kappa shape index (κ1) is 16.1. The molecule has 2 atom stereocenters. The van der Waals surface area contributed by atoms with Gasteiger partial charge in [-0.05, 0) is 38.6 Å². The number of aliphatic hydroxyl groups is 2. The molecular weight excluding hydrogens is 266 g/mol.